The molecule has 0 radical (unpaired) electrons. The Morgan fingerprint density at radius 2 is 1.75 bits per heavy atom. The number of anilines is 1. The molecule has 0 spiro atoms. The van der Waals surface area contributed by atoms with Crippen molar-refractivity contribution in [2.24, 2.45) is 0 Å². The maximum atomic E-state index is 12.2. The molecule has 7 heteroatoms. The molecule has 32 heavy (non-hydrogen) atoms. The van der Waals surface area contributed by atoms with Crippen LogP contribution in [0.15, 0.2) is 72.8 Å². The number of hydrogen-bond donors (Lipinski definition) is 1. The molecule has 4 rings (SSSR count). The zero-order valence-corrected chi connectivity index (χ0v) is 18.2. The SMILES string of the molecule is Cc1cc(C)n(-c2ccc(Oc3ccc(NC(=O)CCCc4ccccc4)cc3)nn2)n1. The highest BCUT2D eigenvalue weighted by Gasteiger charge is 2.08. The molecule has 0 aliphatic rings. The van der Waals surface area contributed by atoms with E-state index in [4.69, 9.17) is 4.74 Å². The molecule has 1 N–H and O–H groups in total. The van der Waals surface area contributed by atoms with Gasteiger partial charge in [-0.2, -0.15) is 5.10 Å². The van der Waals surface area contributed by atoms with Gasteiger partial charge in [0.05, 0.1) is 5.69 Å². The summed E-state index contributed by atoms with van der Waals surface area (Å²) in [5.41, 5.74) is 3.89. The van der Waals surface area contributed by atoms with Crippen molar-refractivity contribution < 1.29 is 9.53 Å². The molecule has 7 nitrogen and oxygen atoms in total. The molecule has 162 valence electrons. The molecule has 0 fully saturated rings. The number of aromatic nitrogens is 4. The van der Waals surface area contributed by atoms with Crippen LogP contribution in [0.25, 0.3) is 5.82 Å². The van der Waals surface area contributed by atoms with Gasteiger partial charge in [-0.3, -0.25) is 4.79 Å². The Hall–Kier alpha value is -4.00. The second-order valence-corrected chi connectivity index (χ2v) is 7.58. The zero-order valence-electron chi connectivity index (χ0n) is 18.2. The lowest BCUT2D eigenvalue weighted by atomic mass is 10.1. The fraction of sp³-hybridized carbons (Fsp3) is 0.200. The van der Waals surface area contributed by atoms with Crippen molar-refractivity contribution in [3.05, 3.63) is 89.7 Å². The van der Waals surface area contributed by atoms with Gasteiger partial charge in [0.2, 0.25) is 11.8 Å². The maximum absolute atomic E-state index is 12.2. The number of carbonyl (C=O) groups is 1. The highest BCUT2D eigenvalue weighted by molar-refractivity contribution is 5.90. The maximum Gasteiger partial charge on any atom is 0.238 e. The van der Waals surface area contributed by atoms with E-state index >= 15 is 0 Å². The quantitative estimate of drug-likeness (QED) is 0.426. The van der Waals surface area contributed by atoms with Crippen molar-refractivity contribution >= 4 is 11.6 Å². The third kappa shape index (κ3) is 5.57. The summed E-state index contributed by atoms with van der Waals surface area (Å²) < 4.78 is 7.50. The van der Waals surface area contributed by atoms with Crippen LogP contribution in [0.2, 0.25) is 0 Å². The van der Waals surface area contributed by atoms with E-state index in [0.717, 1.165) is 29.9 Å². The highest BCUT2D eigenvalue weighted by atomic mass is 16.5. The highest BCUT2D eigenvalue weighted by Crippen LogP contribution is 2.22. The summed E-state index contributed by atoms with van der Waals surface area (Å²) in [6.45, 7) is 3.90. The van der Waals surface area contributed by atoms with Crippen LogP contribution in [0.5, 0.6) is 11.6 Å². The second-order valence-electron chi connectivity index (χ2n) is 7.58. The lowest BCUT2D eigenvalue weighted by molar-refractivity contribution is -0.116. The van der Waals surface area contributed by atoms with Crippen molar-refractivity contribution in [2.45, 2.75) is 33.1 Å². The number of ether oxygens (including phenoxy) is 1. The lowest BCUT2D eigenvalue weighted by Gasteiger charge is -2.08. The molecule has 0 aliphatic heterocycles. The molecule has 0 aliphatic carbocycles. The molecule has 4 aromatic rings. The first-order chi connectivity index (χ1) is 15.6. The van der Waals surface area contributed by atoms with E-state index in [9.17, 15) is 4.79 Å². The van der Waals surface area contributed by atoms with Crippen LogP contribution < -0.4 is 10.1 Å². The number of benzene rings is 2. The summed E-state index contributed by atoms with van der Waals surface area (Å²) in [7, 11) is 0. The second kappa shape index (κ2) is 9.87. The van der Waals surface area contributed by atoms with E-state index in [1.54, 1.807) is 22.9 Å². The van der Waals surface area contributed by atoms with Gasteiger partial charge >= 0.3 is 0 Å². The number of carbonyl (C=O) groups excluding carboxylic acids is 1. The molecule has 0 bridgehead atoms. The molecule has 1 amide bonds. The fourth-order valence-electron chi connectivity index (χ4n) is 3.39. The molecule has 2 aromatic heterocycles. The van der Waals surface area contributed by atoms with Crippen LogP contribution in [-0.2, 0) is 11.2 Å². The van der Waals surface area contributed by atoms with Gasteiger partial charge in [0.1, 0.15) is 5.75 Å². The Morgan fingerprint density at radius 1 is 0.969 bits per heavy atom. The van der Waals surface area contributed by atoms with Gasteiger partial charge in [0.15, 0.2) is 5.82 Å². The number of rotatable bonds is 8. The predicted octanol–water partition coefficient (Wildman–Crippen LogP) is 5.03. The van der Waals surface area contributed by atoms with Crippen LogP contribution in [0.4, 0.5) is 5.69 Å². The van der Waals surface area contributed by atoms with Crippen LogP contribution in [0.1, 0.15) is 29.8 Å². The average Bonchev–Trinajstić information content (AvgIpc) is 3.14. The smallest absolute Gasteiger partial charge is 0.238 e. The Morgan fingerprint density at radius 3 is 2.41 bits per heavy atom. The van der Waals surface area contributed by atoms with Crippen molar-refractivity contribution in [1.29, 1.82) is 0 Å². The molecular formula is C25H25N5O2. The van der Waals surface area contributed by atoms with Gasteiger partial charge in [-0.15, -0.1) is 10.2 Å². The summed E-state index contributed by atoms with van der Waals surface area (Å²) in [5, 5.41) is 15.6. The van der Waals surface area contributed by atoms with Gasteiger partial charge in [-0.1, -0.05) is 30.3 Å². The number of aryl methyl sites for hydroxylation is 3. The first kappa shape index (κ1) is 21.2. The first-order valence-electron chi connectivity index (χ1n) is 10.6. The number of nitrogens with zero attached hydrogens (tertiary/aromatic N) is 4. The lowest BCUT2D eigenvalue weighted by Crippen LogP contribution is -2.11. The minimum atomic E-state index is 0.000191. The third-order valence-corrected chi connectivity index (χ3v) is 4.93. The Labute approximate surface area is 187 Å². The van der Waals surface area contributed by atoms with E-state index in [2.05, 4.69) is 32.7 Å². The number of amides is 1. The molecule has 2 heterocycles. The van der Waals surface area contributed by atoms with Gasteiger partial charge < -0.3 is 10.1 Å². The van der Waals surface area contributed by atoms with Crippen LogP contribution in [0.3, 0.4) is 0 Å². The normalized spacial score (nSPS) is 10.7. The molecular weight excluding hydrogens is 402 g/mol. The Kier molecular flexibility index (Phi) is 6.55. The Balaban J connectivity index is 1.28. The summed E-state index contributed by atoms with van der Waals surface area (Å²) in [6, 6.07) is 22.9. The van der Waals surface area contributed by atoms with Crippen molar-refractivity contribution in [3.8, 4) is 17.4 Å². The van der Waals surface area contributed by atoms with Crippen molar-refractivity contribution in [1.82, 2.24) is 20.0 Å². The average molecular weight is 428 g/mol. The van der Waals surface area contributed by atoms with E-state index in [-0.39, 0.29) is 5.91 Å². The standard InChI is InChI=1S/C25H25N5O2/c1-18-17-19(2)30(29-18)23-15-16-25(28-27-23)32-22-13-11-21(12-14-22)26-24(31)10-6-9-20-7-4-3-5-8-20/h3-5,7-8,11-17H,6,9-10H2,1-2H3,(H,26,31). The number of hydrogen-bond acceptors (Lipinski definition) is 5. The van der Waals surface area contributed by atoms with Crippen molar-refractivity contribution in [2.75, 3.05) is 5.32 Å². The van der Waals surface area contributed by atoms with Crippen molar-refractivity contribution in [3.63, 3.8) is 0 Å². The minimum Gasteiger partial charge on any atom is -0.438 e. The summed E-state index contributed by atoms with van der Waals surface area (Å²) in [4.78, 5) is 12.2. The van der Waals surface area contributed by atoms with Crippen LogP contribution in [-0.4, -0.2) is 25.9 Å². The van der Waals surface area contributed by atoms with E-state index in [1.165, 1.54) is 5.56 Å². The molecule has 0 saturated heterocycles. The predicted molar refractivity (Wildman–Crippen MR) is 123 cm³/mol. The largest absolute Gasteiger partial charge is 0.438 e. The van der Waals surface area contributed by atoms with Crippen LogP contribution in [0, 0.1) is 13.8 Å². The number of nitrogens with one attached hydrogen (secondary N) is 1. The third-order valence-electron chi connectivity index (χ3n) is 4.93. The molecule has 0 unspecified atom stereocenters. The Bertz CT molecular complexity index is 1170. The molecule has 0 atom stereocenters. The zero-order chi connectivity index (χ0) is 22.3. The van der Waals surface area contributed by atoms with Gasteiger partial charge in [-0.25, -0.2) is 4.68 Å². The topological polar surface area (TPSA) is 81.9 Å². The summed E-state index contributed by atoms with van der Waals surface area (Å²) >= 11 is 0. The monoisotopic (exact) mass is 427 g/mol. The summed E-state index contributed by atoms with van der Waals surface area (Å²) in [5.74, 6) is 1.63. The minimum absolute atomic E-state index is 0.000191. The van der Waals surface area contributed by atoms with Gasteiger partial charge in [0, 0.05) is 23.9 Å². The van der Waals surface area contributed by atoms with Gasteiger partial charge in [0.25, 0.3) is 0 Å². The van der Waals surface area contributed by atoms with Crippen LogP contribution >= 0.6 is 0 Å². The summed E-state index contributed by atoms with van der Waals surface area (Å²) in [6.07, 6.45) is 2.17. The fourth-order valence-corrected chi connectivity index (χ4v) is 3.39. The molecule has 0 saturated carbocycles. The molecule has 2 aromatic carbocycles. The first-order valence-corrected chi connectivity index (χ1v) is 10.6. The van der Waals surface area contributed by atoms with E-state index in [0.29, 0.717) is 23.9 Å². The van der Waals surface area contributed by atoms with E-state index < -0.39 is 0 Å². The van der Waals surface area contributed by atoms with Gasteiger partial charge in [-0.05, 0) is 68.7 Å². The van der Waals surface area contributed by atoms with E-state index in [1.807, 2.05) is 56.3 Å².